The third-order valence-electron chi connectivity index (χ3n) is 4.32. The van der Waals surface area contributed by atoms with Crippen LogP contribution >= 0.6 is 22.9 Å². The summed E-state index contributed by atoms with van der Waals surface area (Å²) in [6, 6.07) is 7.36. The fourth-order valence-electron chi connectivity index (χ4n) is 2.91. The zero-order valence-electron chi connectivity index (χ0n) is 14.9. The zero-order valence-corrected chi connectivity index (χ0v) is 16.4. The van der Waals surface area contributed by atoms with E-state index >= 15 is 0 Å². The van der Waals surface area contributed by atoms with Crippen molar-refractivity contribution in [2.75, 3.05) is 6.54 Å². The molecular formula is C19H22ClN3O3S. The van der Waals surface area contributed by atoms with Gasteiger partial charge < -0.3 is 15.4 Å². The Hall–Kier alpha value is -2.12. The Balaban J connectivity index is 1.38. The molecule has 0 aliphatic heterocycles. The molecule has 0 atom stereocenters. The SMILES string of the molecule is O=C(CCNC(=O)c1csc(COc2ccc(Cl)cc2)n1)NC1CCCC1. The summed E-state index contributed by atoms with van der Waals surface area (Å²) in [5.74, 6) is 0.393. The van der Waals surface area contributed by atoms with E-state index in [0.717, 1.165) is 12.8 Å². The molecule has 1 aromatic heterocycles. The number of carbonyl (C=O) groups is 2. The van der Waals surface area contributed by atoms with Gasteiger partial charge in [0, 0.05) is 29.4 Å². The van der Waals surface area contributed by atoms with E-state index in [1.54, 1.807) is 29.6 Å². The first kappa shape index (κ1) is 19.6. The molecule has 8 heteroatoms. The van der Waals surface area contributed by atoms with Gasteiger partial charge in [0.25, 0.3) is 5.91 Å². The maximum atomic E-state index is 12.1. The smallest absolute Gasteiger partial charge is 0.270 e. The van der Waals surface area contributed by atoms with Crippen LogP contribution in [0.25, 0.3) is 0 Å². The molecule has 3 rings (SSSR count). The van der Waals surface area contributed by atoms with Gasteiger partial charge in [0.15, 0.2) is 0 Å². The van der Waals surface area contributed by atoms with Crippen LogP contribution in [-0.2, 0) is 11.4 Å². The summed E-state index contributed by atoms with van der Waals surface area (Å²) in [7, 11) is 0. The summed E-state index contributed by atoms with van der Waals surface area (Å²) in [4.78, 5) is 28.3. The van der Waals surface area contributed by atoms with Crippen LogP contribution in [0.4, 0.5) is 0 Å². The number of hydrogen-bond donors (Lipinski definition) is 2. The van der Waals surface area contributed by atoms with E-state index in [4.69, 9.17) is 16.3 Å². The Morgan fingerprint density at radius 1 is 1.22 bits per heavy atom. The highest BCUT2D eigenvalue weighted by atomic mass is 35.5. The number of nitrogens with zero attached hydrogens (tertiary/aromatic N) is 1. The van der Waals surface area contributed by atoms with Crippen LogP contribution in [0.2, 0.25) is 5.02 Å². The van der Waals surface area contributed by atoms with E-state index in [2.05, 4.69) is 15.6 Å². The van der Waals surface area contributed by atoms with Crippen LogP contribution in [0.1, 0.15) is 47.6 Å². The second kappa shape index (κ2) is 9.71. The van der Waals surface area contributed by atoms with Crippen LogP contribution in [0, 0.1) is 0 Å². The monoisotopic (exact) mass is 407 g/mol. The molecule has 1 saturated carbocycles. The molecule has 6 nitrogen and oxygen atoms in total. The lowest BCUT2D eigenvalue weighted by atomic mass is 10.2. The van der Waals surface area contributed by atoms with Crippen molar-refractivity contribution in [2.45, 2.75) is 44.8 Å². The summed E-state index contributed by atoms with van der Waals surface area (Å²) in [6.45, 7) is 0.578. The van der Waals surface area contributed by atoms with Crippen molar-refractivity contribution in [1.29, 1.82) is 0 Å². The lowest BCUT2D eigenvalue weighted by Gasteiger charge is -2.11. The maximum Gasteiger partial charge on any atom is 0.270 e. The van der Waals surface area contributed by atoms with Gasteiger partial charge >= 0.3 is 0 Å². The quantitative estimate of drug-likeness (QED) is 0.701. The normalized spacial score (nSPS) is 14.1. The zero-order chi connectivity index (χ0) is 19.1. The number of nitrogens with one attached hydrogen (secondary N) is 2. The van der Waals surface area contributed by atoms with E-state index in [1.165, 1.54) is 24.2 Å². The minimum Gasteiger partial charge on any atom is -0.486 e. The van der Waals surface area contributed by atoms with Gasteiger partial charge in [-0.25, -0.2) is 4.98 Å². The average molecular weight is 408 g/mol. The van der Waals surface area contributed by atoms with Crippen molar-refractivity contribution in [3.63, 3.8) is 0 Å². The molecule has 1 heterocycles. The fraction of sp³-hybridized carbons (Fsp3) is 0.421. The van der Waals surface area contributed by atoms with Crippen molar-refractivity contribution in [1.82, 2.24) is 15.6 Å². The first-order valence-electron chi connectivity index (χ1n) is 9.00. The van der Waals surface area contributed by atoms with Crippen LogP contribution < -0.4 is 15.4 Å². The van der Waals surface area contributed by atoms with Gasteiger partial charge in [0.1, 0.15) is 23.1 Å². The minimum absolute atomic E-state index is 0.0162. The summed E-state index contributed by atoms with van der Waals surface area (Å²) in [5, 5.41) is 8.78. The van der Waals surface area contributed by atoms with E-state index in [9.17, 15) is 9.59 Å². The lowest BCUT2D eigenvalue weighted by Crippen LogP contribution is -2.35. The average Bonchev–Trinajstić information content (AvgIpc) is 3.33. The Bertz CT molecular complexity index is 773. The summed E-state index contributed by atoms with van der Waals surface area (Å²) < 4.78 is 5.62. The first-order chi connectivity index (χ1) is 13.1. The van der Waals surface area contributed by atoms with E-state index in [0.29, 0.717) is 34.1 Å². The molecule has 0 saturated heterocycles. The molecule has 1 aliphatic rings. The molecule has 0 unspecified atom stereocenters. The van der Waals surface area contributed by atoms with Gasteiger partial charge in [-0.1, -0.05) is 24.4 Å². The highest BCUT2D eigenvalue weighted by Crippen LogP contribution is 2.19. The van der Waals surface area contributed by atoms with Gasteiger partial charge in [-0.15, -0.1) is 11.3 Å². The van der Waals surface area contributed by atoms with Crippen molar-refractivity contribution in [3.8, 4) is 5.75 Å². The summed E-state index contributed by atoms with van der Waals surface area (Å²) in [6.07, 6.45) is 4.74. The van der Waals surface area contributed by atoms with Gasteiger partial charge in [0.05, 0.1) is 0 Å². The predicted molar refractivity (Wildman–Crippen MR) is 105 cm³/mol. The molecule has 2 N–H and O–H groups in total. The number of rotatable bonds is 8. The molecule has 2 aromatic rings. The Morgan fingerprint density at radius 3 is 2.70 bits per heavy atom. The number of ether oxygens (including phenoxy) is 1. The Morgan fingerprint density at radius 2 is 1.96 bits per heavy atom. The van der Waals surface area contributed by atoms with Crippen LogP contribution in [0.15, 0.2) is 29.6 Å². The standard InChI is InChI=1S/C19H22ClN3O3S/c20-13-5-7-15(8-6-13)26-11-18-23-16(12-27-18)19(25)21-10-9-17(24)22-14-3-1-2-4-14/h5-8,12,14H,1-4,9-11H2,(H,21,25)(H,22,24). The van der Waals surface area contributed by atoms with Crippen LogP contribution in [0.3, 0.4) is 0 Å². The molecule has 0 radical (unpaired) electrons. The van der Waals surface area contributed by atoms with Gasteiger partial charge in [0.2, 0.25) is 5.91 Å². The Kier molecular flexibility index (Phi) is 7.06. The largest absolute Gasteiger partial charge is 0.486 e. The third kappa shape index (κ3) is 6.22. The minimum atomic E-state index is -0.280. The van der Waals surface area contributed by atoms with Crippen LogP contribution in [0.5, 0.6) is 5.75 Å². The summed E-state index contributed by atoms with van der Waals surface area (Å²) in [5.41, 5.74) is 0.339. The molecule has 1 fully saturated rings. The number of aromatic nitrogens is 1. The van der Waals surface area contributed by atoms with Crippen molar-refractivity contribution in [2.24, 2.45) is 0 Å². The highest BCUT2D eigenvalue weighted by Gasteiger charge is 2.17. The molecule has 27 heavy (non-hydrogen) atoms. The molecule has 144 valence electrons. The number of hydrogen-bond acceptors (Lipinski definition) is 5. The van der Waals surface area contributed by atoms with Crippen molar-refractivity contribution in [3.05, 3.63) is 45.4 Å². The van der Waals surface area contributed by atoms with Crippen LogP contribution in [-0.4, -0.2) is 29.4 Å². The van der Waals surface area contributed by atoms with Crippen molar-refractivity contribution >= 4 is 34.8 Å². The number of amides is 2. The molecule has 0 spiro atoms. The topological polar surface area (TPSA) is 80.3 Å². The highest BCUT2D eigenvalue weighted by molar-refractivity contribution is 7.09. The van der Waals surface area contributed by atoms with Crippen molar-refractivity contribution < 1.29 is 14.3 Å². The van der Waals surface area contributed by atoms with Gasteiger partial charge in [-0.05, 0) is 37.1 Å². The van der Waals surface area contributed by atoms with E-state index in [-0.39, 0.29) is 24.8 Å². The van der Waals surface area contributed by atoms with E-state index < -0.39 is 0 Å². The summed E-state index contributed by atoms with van der Waals surface area (Å²) >= 11 is 7.19. The second-order valence-corrected chi connectivity index (χ2v) is 7.80. The van der Waals surface area contributed by atoms with E-state index in [1.807, 2.05) is 0 Å². The van der Waals surface area contributed by atoms with Gasteiger partial charge in [-0.2, -0.15) is 0 Å². The number of thiazole rings is 1. The molecule has 2 amide bonds. The second-order valence-electron chi connectivity index (χ2n) is 6.42. The Labute approximate surface area is 167 Å². The molecule has 0 bridgehead atoms. The molecule has 1 aromatic carbocycles. The maximum absolute atomic E-state index is 12.1. The number of halogens is 1. The molecular weight excluding hydrogens is 386 g/mol. The fourth-order valence-corrected chi connectivity index (χ4v) is 3.72. The number of carbonyl (C=O) groups excluding carboxylic acids is 2. The number of benzene rings is 1. The molecule has 1 aliphatic carbocycles. The predicted octanol–water partition coefficient (Wildman–Crippen LogP) is 3.55. The third-order valence-corrected chi connectivity index (χ3v) is 5.39. The van der Waals surface area contributed by atoms with Gasteiger partial charge in [-0.3, -0.25) is 9.59 Å². The lowest BCUT2D eigenvalue weighted by molar-refractivity contribution is -0.121. The first-order valence-corrected chi connectivity index (χ1v) is 10.3.